The van der Waals surface area contributed by atoms with Crippen molar-refractivity contribution < 1.29 is 24.1 Å². The zero-order valence-electron chi connectivity index (χ0n) is 12.7. The van der Waals surface area contributed by atoms with E-state index in [1.54, 1.807) is 0 Å². The summed E-state index contributed by atoms with van der Waals surface area (Å²) >= 11 is 0. The number of benzene rings is 1. The lowest BCUT2D eigenvalue weighted by atomic mass is 9.77. The van der Waals surface area contributed by atoms with Crippen LogP contribution in [-0.2, 0) is 9.31 Å². The minimum atomic E-state index is -1.29. The van der Waals surface area contributed by atoms with Crippen molar-refractivity contribution >= 4 is 30.0 Å². The average Bonchev–Trinajstić information content (AvgIpc) is 2.57. The van der Waals surface area contributed by atoms with E-state index in [4.69, 9.17) is 14.4 Å². The Labute approximate surface area is 127 Å². The van der Waals surface area contributed by atoms with Gasteiger partial charge in [0, 0.05) is 6.07 Å². The van der Waals surface area contributed by atoms with E-state index in [0.29, 0.717) is 0 Å². The number of rotatable bonds is 3. The lowest BCUT2D eigenvalue weighted by molar-refractivity contribution is -0.383. The molecule has 0 radical (unpaired) electrons. The van der Waals surface area contributed by atoms with Gasteiger partial charge in [-0.2, -0.15) is 0 Å². The second kappa shape index (κ2) is 5.26. The fourth-order valence-electron chi connectivity index (χ4n) is 2.07. The first-order valence-corrected chi connectivity index (χ1v) is 6.67. The topological polar surface area (TPSA) is 111 Å². The van der Waals surface area contributed by atoms with Crippen LogP contribution in [0.15, 0.2) is 18.2 Å². The monoisotopic (exact) mass is 308 g/mol. The van der Waals surface area contributed by atoms with Crippen molar-refractivity contribution in [2.45, 2.75) is 38.9 Å². The summed E-state index contributed by atoms with van der Waals surface area (Å²) in [7, 11) is -0.885. The van der Waals surface area contributed by atoms with Gasteiger partial charge in [0.15, 0.2) is 0 Å². The van der Waals surface area contributed by atoms with E-state index < -0.39 is 29.3 Å². The first-order valence-electron chi connectivity index (χ1n) is 6.67. The van der Waals surface area contributed by atoms with Gasteiger partial charge in [-0.05, 0) is 33.8 Å². The summed E-state index contributed by atoms with van der Waals surface area (Å²) in [5.74, 6) is 0. The van der Waals surface area contributed by atoms with Crippen molar-refractivity contribution in [2.24, 2.45) is 0 Å². The van der Waals surface area contributed by atoms with Gasteiger partial charge in [-0.15, -0.1) is 0 Å². The maximum absolute atomic E-state index is 11.3. The van der Waals surface area contributed by atoms with Crippen LogP contribution in [0.2, 0.25) is 0 Å². The fourth-order valence-corrected chi connectivity index (χ4v) is 2.07. The Morgan fingerprint density at radius 3 is 2.27 bits per heavy atom. The molecule has 2 N–H and O–H groups in total. The van der Waals surface area contributed by atoms with Crippen LogP contribution in [0.3, 0.4) is 0 Å². The van der Waals surface area contributed by atoms with Crippen LogP contribution in [-0.4, -0.2) is 34.4 Å². The third-order valence-electron chi connectivity index (χ3n) is 3.99. The largest absolute Gasteiger partial charge is 0.501 e. The van der Waals surface area contributed by atoms with Crippen molar-refractivity contribution in [1.29, 1.82) is 0 Å². The summed E-state index contributed by atoms with van der Waals surface area (Å²) in [4.78, 5) is 21.3. The van der Waals surface area contributed by atoms with E-state index in [0.717, 1.165) is 6.07 Å². The smallest absolute Gasteiger partial charge is 0.465 e. The molecule has 1 aliphatic rings. The van der Waals surface area contributed by atoms with Gasteiger partial charge in [0.25, 0.3) is 5.69 Å². The Kier molecular flexibility index (Phi) is 3.88. The number of nitro benzene ring substituents is 1. The Morgan fingerprint density at radius 2 is 1.82 bits per heavy atom. The molecule has 0 aliphatic carbocycles. The van der Waals surface area contributed by atoms with Crippen molar-refractivity contribution in [3.05, 3.63) is 28.3 Å². The van der Waals surface area contributed by atoms with Gasteiger partial charge < -0.3 is 14.4 Å². The number of amides is 1. The van der Waals surface area contributed by atoms with Crippen LogP contribution in [0.5, 0.6) is 0 Å². The van der Waals surface area contributed by atoms with Gasteiger partial charge >= 0.3 is 13.2 Å². The van der Waals surface area contributed by atoms with Crippen molar-refractivity contribution in [3.63, 3.8) is 0 Å². The molecule has 1 aromatic carbocycles. The molecule has 0 spiro atoms. The second-order valence-corrected chi connectivity index (χ2v) is 6.05. The molecule has 118 valence electrons. The summed E-state index contributed by atoms with van der Waals surface area (Å²) in [5, 5.41) is 22.0. The third kappa shape index (κ3) is 2.90. The van der Waals surface area contributed by atoms with E-state index in [1.165, 1.54) is 12.1 Å². The molecule has 0 aromatic heterocycles. The zero-order valence-corrected chi connectivity index (χ0v) is 12.7. The molecule has 1 amide bonds. The first kappa shape index (κ1) is 16.2. The number of hydrogen-bond acceptors (Lipinski definition) is 5. The number of nitrogens with one attached hydrogen (secondary N) is 1. The average molecular weight is 308 g/mol. The number of nitro groups is 1. The Morgan fingerprint density at radius 1 is 1.27 bits per heavy atom. The van der Waals surface area contributed by atoms with Gasteiger partial charge in [0.2, 0.25) is 0 Å². The second-order valence-electron chi connectivity index (χ2n) is 6.05. The van der Waals surface area contributed by atoms with Crippen LogP contribution in [0, 0.1) is 10.1 Å². The van der Waals surface area contributed by atoms with E-state index in [2.05, 4.69) is 5.32 Å². The SMILES string of the molecule is CC1(C)OB(c2ccc(NC(=O)O)cc2[N+](=O)[O-])OC1(C)C. The van der Waals surface area contributed by atoms with Crippen molar-refractivity contribution in [1.82, 2.24) is 0 Å². The standard InChI is InChI=1S/C13H17BN2O6/c1-12(2)13(3,4)22-14(21-12)9-6-5-8(15-11(17)18)7-10(9)16(19)20/h5-7,15H,1-4H3,(H,17,18). The molecule has 22 heavy (non-hydrogen) atoms. The highest BCUT2D eigenvalue weighted by atomic mass is 16.7. The Hall–Kier alpha value is -2.13. The summed E-state index contributed by atoms with van der Waals surface area (Å²) in [5.41, 5.74) is -1.14. The molecule has 1 fully saturated rings. The molecule has 0 saturated carbocycles. The van der Waals surface area contributed by atoms with Crippen LogP contribution in [0.4, 0.5) is 16.2 Å². The highest BCUT2D eigenvalue weighted by molar-refractivity contribution is 6.63. The minimum Gasteiger partial charge on any atom is -0.465 e. The van der Waals surface area contributed by atoms with E-state index in [1.807, 2.05) is 27.7 Å². The maximum atomic E-state index is 11.3. The van der Waals surface area contributed by atoms with Crippen molar-refractivity contribution in [3.8, 4) is 0 Å². The van der Waals surface area contributed by atoms with E-state index in [9.17, 15) is 14.9 Å². The highest BCUT2D eigenvalue weighted by Gasteiger charge is 2.53. The predicted octanol–water partition coefficient (Wildman–Crippen LogP) is 1.98. The van der Waals surface area contributed by atoms with Crippen LogP contribution in [0.1, 0.15) is 27.7 Å². The van der Waals surface area contributed by atoms with E-state index >= 15 is 0 Å². The zero-order chi connectivity index (χ0) is 16.7. The molecule has 2 rings (SSSR count). The van der Waals surface area contributed by atoms with Crippen molar-refractivity contribution in [2.75, 3.05) is 5.32 Å². The predicted molar refractivity (Wildman–Crippen MR) is 80.5 cm³/mol. The molecular formula is C13H17BN2O6. The molecule has 1 heterocycles. The molecule has 0 unspecified atom stereocenters. The number of carbonyl (C=O) groups is 1. The molecule has 8 nitrogen and oxygen atoms in total. The molecule has 9 heteroatoms. The number of carboxylic acid groups (broad SMARTS) is 1. The summed E-state index contributed by atoms with van der Waals surface area (Å²) in [6.07, 6.45) is -1.29. The molecule has 0 bridgehead atoms. The third-order valence-corrected chi connectivity index (χ3v) is 3.99. The van der Waals surface area contributed by atoms with Crippen LogP contribution >= 0.6 is 0 Å². The fraction of sp³-hybridized carbons (Fsp3) is 0.462. The molecule has 1 saturated heterocycles. The van der Waals surface area contributed by atoms with Gasteiger partial charge in [0.05, 0.1) is 27.3 Å². The lowest BCUT2D eigenvalue weighted by Gasteiger charge is -2.32. The molecular weight excluding hydrogens is 291 g/mol. The van der Waals surface area contributed by atoms with Crippen LogP contribution < -0.4 is 10.8 Å². The summed E-state index contributed by atoms with van der Waals surface area (Å²) < 4.78 is 11.6. The first-order chi connectivity index (χ1) is 10.0. The highest BCUT2D eigenvalue weighted by Crippen LogP contribution is 2.37. The van der Waals surface area contributed by atoms with Gasteiger partial charge in [-0.1, -0.05) is 6.07 Å². The number of hydrogen-bond donors (Lipinski definition) is 2. The van der Waals surface area contributed by atoms with Gasteiger partial charge in [0.1, 0.15) is 0 Å². The van der Waals surface area contributed by atoms with E-state index in [-0.39, 0.29) is 16.8 Å². The summed E-state index contributed by atoms with van der Waals surface area (Å²) in [6, 6.07) is 4.02. The Bertz CT molecular complexity index is 615. The quantitative estimate of drug-likeness (QED) is 0.502. The molecule has 1 aliphatic heterocycles. The number of nitrogens with zero attached hydrogens (tertiary/aromatic N) is 1. The molecule has 1 aromatic rings. The minimum absolute atomic E-state index is 0.111. The van der Waals surface area contributed by atoms with Gasteiger partial charge in [-0.3, -0.25) is 15.4 Å². The normalized spacial score (nSPS) is 19.0. The lowest BCUT2D eigenvalue weighted by Crippen LogP contribution is -2.41. The maximum Gasteiger partial charge on any atom is 0.501 e. The summed E-state index contributed by atoms with van der Waals surface area (Å²) in [6.45, 7) is 7.39. The Balaban J connectivity index is 2.40. The van der Waals surface area contributed by atoms with Gasteiger partial charge in [-0.25, -0.2) is 4.79 Å². The van der Waals surface area contributed by atoms with Crippen LogP contribution in [0.25, 0.3) is 0 Å². The number of anilines is 1. The molecule has 0 atom stereocenters.